The normalized spacial score (nSPS) is 23.5. The molecule has 13 atom stereocenters. The van der Waals surface area contributed by atoms with Crippen molar-refractivity contribution in [2.24, 2.45) is 29.0 Å². The average molecular weight is 1870 g/mol. The van der Waals surface area contributed by atoms with Gasteiger partial charge in [-0.2, -0.15) is 0 Å². The van der Waals surface area contributed by atoms with Crippen LogP contribution in [0.1, 0.15) is 140 Å². The molecule has 2 saturated heterocycles. The molecule has 41 nitrogen and oxygen atoms in total. The molecule has 21 N–H and O–H groups in total. The summed E-state index contributed by atoms with van der Waals surface area (Å²) >= 11 is 0.749. The largest absolute Gasteiger partial charge is 0.394 e. The number of rotatable bonds is 26. The molecule has 0 saturated carbocycles. The lowest BCUT2D eigenvalue weighted by Crippen LogP contribution is -2.61. The van der Waals surface area contributed by atoms with Crippen LogP contribution in [0.15, 0.2) is 97.7 Å². The first-order chi connectivity index (χ1) is 63.3. The number of benzene rings is 3. The van der Waals surface area contributed by atoms with Gasteiger partial charge in [0, 0.05) is 125 Å². The number of Topliss-reactive ketones (excluding diaryl/α,β-unsaturated/α-hetero) is 1. The summed E-state index contributed by atoms with van der Waals surface area (Å²) in [5, 5.41) is 46.7. The molecule has 2 fully saturated rings. The van der Waals surface area contributed by atoms with Gasteiger partial charge in [-0.1, -0.05) is 102 Å². The van der Waals surface area contributed by atoms with Crippen molar-refractivity contribution in [2.75, 3.05) is 72.5 Å². The molecule has 6 aromatic rings. The molecule has 16 amide bonds. The predicted octanol–water partition coefficient (Wildman–Crippen LogP) is -0.908. The number of fused-ring (bicyclic) bond motifs is 3. The van der Waals surface area contributed by atoms with E-state index in [2.05, 4.69) is 73.1 Å². The number of H-pyrrole nitrogens is 3. The number of carbonyl (C=O) groups excluding carboxylic acids is 17. The number of aliphatic hydroxyl groups is 1. The van der Waals surface area contributed by atoms with E-state index in [0.29, 0.717) is 69.9 Å². The van der Waals surface area contributed by atoms with Gasteiger partial charge in [-0.3, -0.25) is 86.9 Å². The fourth-order valence-electron chi connectivity index (χ4n) is 16.1. The van der Waals surface area contributed by atoms with E-state index in [0.717, 1.165) is 48.4 Å². The van der Waals surface area contributed by atoms with Crippen molar-refractivity contribution >= 4 is 140 Å². The highest BCUT2D eigenvalue weighted by atomic mass is 32.2. The number of hydrogen-bond acceptors (Lipinski definition) is 21. The number of aliphatic hydroxyl groups excluding tert-OH is 1. The average Bonchev–Trinajstić information content (AvgIpc) is 1.81. The van der Waals surface area contributed by atoms with E-state index in [1.807, 2.05) is 13.8 Å². The van der Waals surface area contributed by atoms with Gasteiger partial charge in [-0.25, -0.2) is 9.37 Å². The van der Waals surface area contributed by atoms with Gasteiger partial charge in [0.05, 0.1) is 38.2 Å². The van der Waals surface area contributed by atoms with Gasteiger partial charge in [-0.15, -0.1) is 11.8 Å². The second-order valence-electron chi connectivity index (χ2n) is 34.1. The number of halogens is 1. The number of nitrogens with zero attached hydrogens (tertiary/aromatic N) is 6. The first-order valence-corrected chi connectivity index (χ1v) is 45.7. The second-order valence-corrected chi connectivity index (χ2v) is 35.1. The fraction of sp³-hybridized carbons (Fsp3) is 0.522. The molecule has 0 bridgehead atoms. The summed E-state index contributed by atoms with van der Waals surface area (Å²) in [5.41, 5.74) is 19.9. The van der Waals surface area contributed by atoms with Crippen LogP contribution in [-0.2, 0) is 107 Å². The summed E-state index contributed by atoms with van der Waals surface area (Å²) in [6.07, 6.45) is 5.26. The van der Waals surface area contributed by atoms with Crippen LogP contribution in [0.2, 0.25) is 0 Å². The minimum atomic E-state index is -1.82. The highest BCUT2D eigenvalue weighted by molar-refractivity contribution is 8.00. The summed E-state index contributed by atoms with van der Waals surface area (Å²) in [6, 6.07) is 0.729. The number of imidazole rings is 1. The molecule has 0 radical (unpaired) electrons. The zero-order valence-corrected chi connectivity index (χ0v) is 77.2. The van der Waals surface area contributed by atoms with Crippen LogP contribution in [0, 0.1) is 23.1 Å². The lowest BCUT2D eigenvalue weighted by Gasteiger charge is -2.36. The molecule has 8 rings (SSSR count). The lowest BCUT2D eigenvalue weighted by molar-refractivity contribution is -0.149. The molecule has 5 heterocycles. The van der Waals surface area contributed by atoms with Gasteiger partial charge in [0.15, 0.2) is 11.7 Å². The summed E-state index contributed by atoms with van der Waals surface area (Å²) in [5.74, 6) is -19.2. The first kappa shape index (κ1) is 105. The lowest BCUT2D eigenvalue weighted by atomic mass is 9.92. The molecule has 2 aliphatic heterocycles. The Balaban J connectivity index is 1.18. The number of nitrogens with one attached hydrogen (secondary N) is 14. The molecular formula is C90H126FN23O18S. The molecular weight excluding hydrogens is 1740 g/mol. The zero-order valence-electron chi connectivity index (χ0n) is 76.4. The number of aromatic amines is 3. The number of primary amides is 2. The maximum absolute atomic E-state index is 15.7. The molecule has 0 spiro atoms. The van der Waals surface area contributed by atoms with Crippen molar-refractivity contribution in [1.82, 2.24) is 97.6 Å². The maximum atomic E-state index is 15.7. The number of carbonyl (C=O) groups is 17. The molecule has 722 valence electrons. The van der Waals surface area contributed by atoms with Crippen molar-refractivity contribution in [2.45, 2.75) is 216 Å². The molecule has 0 aliphatic carbocycles. The van der Waals surface area contributed by atoms with E-state index in [4.69, 9.17) is 22.6 Å². The number of thioether (sulfide) groups is 1. The standard InChI is InChI=1S/C90H126FN23O18S/c1-10-12-25-71-83(126)103-63(24-18-32-97-90(94)95)80(123)109-70(79(122)100-44-75(93)118)47-133-48-76(119)102-66(35-52-28-30-56(91)31-29-52)86(129)111(7)51(5)77(120)105-68(40-74(92)117)88(131)114-33-19-27-72(114)84(127)104-64(39-57-43-96-49-101-57)81(124)106-65(34-50(3)4)85(128)110(6)45-58(116)37-53(36-54-41-98-61-22-16-14-20-59(54)61)78(121)108-69(46-115)82(125)107-67(38-55-42-99-62-23-17-15-21-60(55)62)87(130)113(9)73(26-13-11-2)89(132)112(71)8/h14-17,20-23,28-31,41-43,49-51,53,63-73,98-99,115H,10-13,18-19,24-27,32-40,44-48H2,1-9H3,(H2,92,117)(H2,93,118)(H,96,101)(H,100,122)(H,102,119)(H,103,126)(H,104,127)(H,105,120)(H,106,124)(H,107,125)(H,108,121)(H,109,123)(H4,94,95,97)/t51-,53+,63-,64-,65-,66-,67-,68-,69-,70+,71-,72-,73-/m0/s1. The van der Waals surface area contributed by atoms with Crippen LogP contribution in [-0.4, -0.2) is 301 Å². The van der Waals surface area contributed by atoms with E-state index in [1.165, 1.54) is 59.8 Å². The third kappa shape index (κ3) is 30.6. The quantitative estimate of drug-likeness (QED) is 0.0178. The summed E-state index contributed by atoms with van der Waals surface area (Å²) in [7, 11) is 5.22. The van der Waals surface area contributed by atoms with Gasteiger partial charge >= 0.3 is 0 Å². The monoisotopic (exact) mass is 1870 g/mol. The number of amides is 16. The number of nitrogens with two attached hydrogens (primary N) is 3. The van der Waals surface area contributed by atoms with Crippen molar-refractivity contribution < 1.29 is 91.0 Å². The predicted molar refractivity (Wildman–Crippen MR) is 491 cm³/mol. The minimum Gasteiger partial charge on any atom is -0.394 e. The summed E-state index contributed by atoms with van der Waals surface area (Å²) < 4.78 is 14.4. The number of para-hydroxylation sites is 2. The van der Waals surface area contributed by atoms with Crippen LogP contribution < -0.4 is 70.4 Å². The Morgan fingerprint density at radius 3 is 1.76 bits per heavy atom. The van der Waals surface area contributed by atoms with Gasteiger partial charge < -0.3 is 115 Å². The molecule has 0 unspecified atom stereocenters. The number of guanidine groups is 1. The Bertz CT molecular complexity index is 5110. The van der Waals surface area contributed by atoms with E-state index in [9.17, 15) is 67.0 Å². The first-order valence-electron chi connectivity index (χ1n) is 44.5. The number of likely N-dealkylation sites (N-methyl/N-ethyl adjacent to an activating group) is 4. The number of ketones is 1. The SMILES string of the molecule is CCCC[C@H]1C(=O)N(C)[C@@H](CCCC)C(=O)N[C@@H](CCCNC(=N)N)C(=O)N[C@@H](C(=O)NCC(N)=O)CSCC(=O)N[C@@H](Cc2ccc(F)cc2)C(=O)N(C)[C@@H](C)C(=O)N[C@@H](CC(N)=O)C(=O)N2CCC[C@H]2C(=O)N[C@@H](Cc2cnc[nH]2)C(=O)N[C@@H](CC(C)C)C(=O)N(C)CC(=O)C[C@@H](Cc2c[nH]c3ccccc23)C(=O)N[C@@H](CO)C(=O)N[C@@H](Cc2c[nH]c3ccccc23)C(=O)N1C. The zero-order chi connectivity index (χ0) is 97.4. The Kier molecular flexibility index (Phi) is 40.2. The number of hydrogen-bond donors (Lipinski definition) is 18. The van der Waals surface area contributed by atoms with Crippen LogP contribution in [0.5, 0.6) is 0 Å². The molecule has 43 heteroatoms. The smallest absolute Gasteiger partial charge is 0.246 e. The van der Waals surface area contributed by atoms with Crippen molar-refractivity contribution in [1.29, 1.82) is 5.41 Å². The van der Waals surface area contributed by atoms with Crippen molar-refractivity contribution in [3.63, 3.8) is 0 Å². The van der Waals surface area contributed by atoms with Gasteiger partial charge in [0.2, 0.25) is 94.5 Å². The Labute approximate surface area is 773 Å². The van der Waals surface area contributed by atoms with Crippen molar-refractivity contribution in [3.8, 4) is 0 Å². The minimum absolute atomic E-state index is 0.000661. The third-order valence-electron chi connectivity index (χ3n) is 23.5. The Morgan fingerprint density at radius 2 is 1.15 bits per heavy atom. The Hall–Kier alpha value is -13.4. The number of unbranched alkanes of at least 4 members (excludes halogenated alkanes) is 2. The van der Waals surface area contributed by atoms with E-state index >= 15 is 24.0 Å². The highest BCUT2D eigenvalue weighted by Gasteiger charge is 2.44. The summed E-state index contributed by atoms with van der Waals surface area (Å²) in [4.78, 5) is 267. The van der Waals surface area contributed by atoms with Gasteiger partial charge in [0.1, 0.15) is 78.3 Å². The highest BCUT2D eigenvalue weighted by Crippen LogP contribution is 2.28. The van der Waals surface area contributed by atoms with Crippen LogP contribution in [0.3, 0.4) is 0 Å². The van der Waals surface area contributed by atoms with Crippen LogP contribution in [0.25, 0.3) is 21.8 Å². The molecule has 3 aromatic carbocycles. The maximum Gasteiger partial charge on any atom is 0.246 e. The topological polar surface area (TPSA) is 609 Å². The van der Waals surface area contributed by atoms with Crippen molar-refractivity contribution in [3.05, 3.63) is 126 Å². The van der Waals surface area contributed by atoms with Crippen LogP contribution in [0.4, 0.5) is 4.39 Å². The molecule has 2 aliphatic rings. The van der Waals surface area contributed by atoms with E-state index in [1.54, 1.807) is 74.8 Å². The molecule has 133 heavy (non-hydrogen) atoms. The van der Waals surface area contributed by atoms with Crippen LogP contribution >= 0.6 is 11.8 Å². The third-order valence-corrected chi connectivity index (χ3v) is 24.5. The fourth-order valence-corrected chi connectivity index (χ4v) is 16.9. The molecule has 3 aromatic heterocycles. The van der Waals surface area contributed by atoms with Gasteiger partial charge in [0.25, 0.3) is 0 Å². The van der Waals surface area contributed by atoms with E-state index < -0.39 is 235 Å². The van der Waals surface area contributed by atoms with E-state index in [-0.39, 0.29) is 89.6 Å². The number of aromatic nitrogens is 4. The Morgan fingerprint density at radius 1 is 0.579 bits per heavy atom. The van der Waals surface area contributed by atoms with Gasteiger partial charge in [-0.05, 0) is 105 Å². The summed E-state index contributed by atoms with van der Waals surface area (Å²) in [6.45, 7) is 5.94. The second kappa shape index (κ2) is 50.9.